The van der Waals surface area contributed by atoms with Gasteiger partial charge in [0, 0.05) is 0 Å². The van der Waals surface area contributed by atoms with Gasteiger partial charge in [0.15, 0.2) is 0 Å². The van der Waals surface area contributed by atoms with Gasteiger partial charge < -0.3 is 4.48 Å². The lowest BCUT2D eigenvalue weighted by Gasteiger charge is -2.22. The van der Waals surface area contributed by atoms with E-state index in [1.54, 1.807) is 0 Å². The van der Waals surface area contributed by atoms with Crippen LogP contribution in [0.3, 0.4) is 0 Å². The molecule has 0 amide bonds. The van der Waals surface area contributed by atoms with Crippen LogP contribution in [0.5, 0.6) is 0 Å². The van der Waals surface area contributed by atoms with E-state index in [1.807, 2.05) is 11.3 Å². The molecule has 0 aliphatic heterocycles. The van der Waals surface area contributed by atoms with Crippen molar-refractivity contribution in [1.82, 2.24) is 0 Å². The number of hydrogen-bond donors (Lipinski definition) is 0. The summed E-state index contributed by atoms with van der Waals surface area (Å²) in [5.74, 6) is 0. The molecule has 0 saturated heterocycles. The van der Waals surface area contributed by atoms with E-state index in [4.69, 9.17) is 0 Å². The van der Waals surface area contributed by atoms with Gasteiger partial charge in [0.2, 0.25) is 0 Å². The molecule has 2 heteroatoms. The summed E-state index contributed by atoms with van der Waals surface area (Å²) in [5.41, 5.74) is 0. The van der Waals surface area contributed by atoms with Crippen LogP contribution >= 0.6 is 11.3 Å². The Morgan fingerprint density at radius 1 is 1.40 bits per heavy atom. The zero-order valence-corrected chi connectivity index (χ0v) is 7.61. The second kappa shape index (κ2) is 2.72. The molecule has 0 spiro atoms. The van der Waals surface area contributed by atoms with Crippen LogP contribution in [-0.2, 0) is 6.54 Å². The number of rotatable bonds is 2. The Balaban J connectivity index is 2.57. The first-order valence-corrected chi connectivity index (χ1v) is 4.29. The standard InChI is InChI=1S/C8H14NS/c1-9(2,3)7-8-5-4-6-10-8/h4-6H,7H2,1-3H3/q+1. The summed E-state index contributed by atoms with van der Waals surface area (Å²) < 4.78 is 1.01. The SMILES string of the molecule is C[N+](C)(C)Cc1cccs1. The third-order valence-electron chi connectivity index (χ3n) is 1.21. The van der Waals surface area contributed by atoms with Crippen LogP contribution in [0, 0.1) is 0 Å². The minimum absolute atomic E-state index is 1.01. The van der Waals surface area contributed by atoms with Crippen LogP contribution in [0.1, 0.15) is 4.88 Å². The topological polar surface area (TPSA) is 0 Å². The predicted molar refractivity (Wildman–Crippen MR) is 46.1 cm³/mol. The van der Waals surface area contributed by atoms with E-state index in [0.717, 1.165) is 11.0 Å². The summed E-state index contributed by atoms with van der Waals surface area (Å²) in [7, 11) is 6.62. The quantitative estimate of drug-likeness (QED) is 0.574. The van der Waals surface area contributed by atoms with Crippen molar-refractivity contribution in [3.63, 3.8) is 0 Å². The Kier molecular flexibility index (Phi) is 2.11. The van der Waals surface area contributed by atoms with Crippen molar-refractivity contribution in [3.8, 4) is 0 Å². The molecule has 0 fully saturated rings. The highest BCUT2D eigenvalue weighted by molar-refractivity contribution is 7.09. The molecule has 0 aromatic carbocycles. The Hall–Kier alpha value is -0.340. The van der Waals surface area contributed by atoms with E-state index in [9.17, 15) is 0 Å². The zero-order valence-electron chi connectivity index (χ0n) is 6.79. The van der Waals surface area contributed by atoms with Crippen LogP contribution < -0.4 is 0 Å². The maximum Gasteiger partial charge on any atom is 0.113 e. The Labute approximate surface area is 66.5 Å². The van der Waals surface area contributed by atoms with E-state index in [2.05, 4.69) is 38.7 Å². The average Bonchev–Trinajstić information content (AvgIpc) is 2.12. The van der Waals surface area contributed by atoms with Gasteiger partial charge in [-0.25, -0.2) is 0 Å². The van der Waals surface area contributed by atoms with Gasteiger partial charge in [0.05, 0.1) is 26.0 Å². The molecule has 0 atom stereocenters. The molecule has 0 unspecified atom stereocenters. The smallest absolute Gasteiger partial charge is 0.113 e. The molecule has 0 N–H and O–H groups in total. The zero-order chi connectivity index (χ0) is 7.61. The van der Waals surface area contributed by atoms with Gasteiger partial charge in [-0.1, -0.05) is 6.07 Å². The fourth-order valence-electron chi connectivity index (χ4n) is 0.870. The summed E-state index contributed by atoms with van der Waals surface area (Å²) in [6.07, 6.45) is 0. The number of thiophene rings is 1. The maximum atomic E-state index is 2.21. The molecule has 1 nitrogen and oxygen atoms in total. The summed E-state index contributed by atoms with van der Waals surface area (Å²) in [5, 5.41) is 2.13. The largest absolute Gasteiger partial charge is 0.326 e. The number of hydrogen-bond acceptors (Lipinski definition) is 1. The van der Waals surface area contributed by atoms with Crippen LogP contribution in [-0.4, -0.2) is 25.6 Å². The van der Waals surface area contributed by atoms with Crippen molar-refractivity contribution in [3.05, 3.63) is 22.4 Å². The highest BCUT2D eigenvalue weighted by Gasteiger charge is 2.07. The van der Waals surface area contributed by atoms with E-state index >= 15 is 0 Å². The number of quaternary nitrogens is 1. The van der Waals surface area contributed by atoms with E-state index in [0.29, 0.717) is 0 Å². The summed E-state index contributed by atoms with van der Waals surface area (Å²) >= 11 is 1.83. The van der Waals surface area contributed by atoms with Crippen LogP contribution in [0.15, 0.2) is 17.5 Å². The fourth-order valence-corrected chi connectivity index (χ4v) is 1.82. The molecule has 1 aromatic rings. The Bertz CT molecular complexity index is 184. The monoisotopic (exact) mass is 156 g/mol. The maximum absolute atomic E-state index is 2.21. The lowest BCUT2D eigenvalue weighted by atomic mass is 10.4. The molecule has 1 rings (SSSR count). The van der Waals surface area contributed by atoms with Crippen LogP contribution in [0.4, 0.5) is 0 Å². The van der Waals surface area contributed by atoms with Gasteiger partial charge in [-0.15, -0.1) is 11.3 Å². The van der Waals surface area contributed by atoms with Crippen molar-refractivity contribution in [2.45, 2.75) is 6.54 Å². The van der Waals surface area contributed by atoms with Crippen LogP contribution in [0.25, 0.3) is 0 Å². The minimum atomic E-state index is 1.01. The fraction of sp³-hybridized carbons (Fsp3) is 0.500. The third kappa shape index (κ3) is 2.50. The van der Waals surface area contributed by atoms with Crippen molar-refractivity contribution >= 4 is 11.3 Å². The van der Waals surface area contributed by atoms with Gasteiger partial charge >= 0.3 is 0 Å². The summed E-state index contributed by atoms with van der Waals surface area (Å²) in [4.78, 5) is 1.47. The second-order valence-corrected chi connectivity index (χ2v) is 4.56. The van der Waals surface area contributed by atoms with Crippen LogP contribution in [0.2, 0.25) is 0 Å². The van der Waals surface area contributed by atoms with Gasteiger partial charge in [-0.05, 0) is 11.4 Å². The molecule has 0 bridgehead atoms. The summed E-state index contributed by atoms with van der Waals surface area (Å²) in [6.45, 7) is 1.14. The Morgan fingerprint density at radius 2 is 2.10 bits per heavy atom. The first-order chi connectivity index (χ1) is 4.58. The first kappa shape index (κ1) is 7.76. The van der Waals surface area contributed by atoms with Crippen molar-refractivity contribution in [2.75, 3.05) is 21.1 Å². The molecule has 1 heterocycles. The van der Waals surface area contributed by atoms with Gasteiger partial charge in [-0.2, -0.15) is 0 Å². The van der Waals surface area contributed by atoms with Gasteiger partial charge in [-0.3, -0.25) is 0 Å². The lowest BCUT2D eigenvalue weighted by Crippen LogP contribution is -2.32. The minimum Gasteiger partial charge on any atom is -0.326 e. The summed E-state index contributed by atoms with van der Waals surface area (Å²) in [6, 6.07) is 4.30. The third-order valence-corrected chi connectivity index (χ3v) is 2.07. The second-order valence-electron chi connectivity index (χ2n) is 3.53. The van der Waals surface area contributed by atoms with E-state index < -0.39 is 0 Å². The van der Waals surface area contributed by atoms with Crippen molar-refractivity contribution in [2.24, 2.45) is 0 Å². The highest BCUT2D eigenvalue weighted by Crippen LogP contribution is 2.12. The molecule has 56 valence electrons. The van der Waals surface area contributed by atoms with Gasteiger partial charge in [0.1, 0.15) is 6.54 Å². The molecule has 0 saturated carbocycles. The molecule has 1 aromatic heterocycles. The number of nitrogens with zero attached hydrogens (tertiary/aromatic N) is 1. The lowest BCUT2D eigenvalue weighted by molar-refractivity contribution is -0.883. The molecular formula is C8H14NS+. The predicted octanol–water partition coefficient (Wildman–Crippen LogP) is 1.95. The van der Waals surface area contributed by atoms with E-state index in [-0.39, 0.29) is 0 Å². The highest BCUT2D eigenvalue weighted by atomic mass is 32.1. The molecular weight excluding hydrogens is 142 g/mol. The molecule has 0 aliphatic carbocycles. The first-order valence-electron chi connectivity index (χ1n) is 3.41. The molecule has 10 heavy (non-hydrogen) atoms. The van der Waals surface area contributed by atoms with Gasteiger partial charge in [0.25, 0.3) is 0 Å². The van der Waals surface area contributed by atoms with Crippen molar-refractivity contribution < 1.29 is 4.48 Å². The molecule has 0 radical (unpaired) electrons. The normalized spacial score (nSPS) is 11.9. The van der Waals surface area contributed by atoms with Crippen molar-refractivity contribution in [1.29, 1.82) is 0 Å². The average molecular weight is 156 g/mol. The Morgan fingerprint density at radius 3 is 2.50 bits per heavy atom. The molecule has 0 aliphatic rings. The van der Waals surface area contributed by atoms with E-state index in [1.165, 1.54) is 4.88 Å².